The third-order valence-corrected chi connectivity index (χ3v) is 2.67. The van der Waals surface area contributed by atoms with Gasteiger partial charge < -0.3 is 9.47 Å². The maximum Gasteiger partial charge on any atom is 0.387 e. The minimum atomic E-state index is -2.84. The molecule has 5 heteroatoms. The zero-order valence-electron chi connectivity index (χ0n) is 10.6. The monoisotopic (exact) mass is 265 g/mol. The van der Waals surface area contributed by atoms with Gasteiger partial charge in [0.25, 0.3) is 0 Å². The van der Waals surface area contributed by atoms with Gasteiger partial charge in [-0.3, -0.25) is 0 Å². The van der Waals surface area contributed by atoms with Crippen LogP contribution in [0.2, 0.25) is 0 Å². The highest BCUT2D eigenvalue weighted by Crippen LogP contribution is 2.33. The lowest BCUT2D eigenvalue weighted by Gasteiger charge is -2.12. The topological polar surface area (TPSA) is 31.4 Å². The van der Waals surface area contributed by atoms with Gasteiger partial charge >= 0.3 is 6.61 Å². The van der Waals surface area contributed by atoms with E-state index in [9.17, 15) is 8.78 Å². The number of nitrogens with zero attached hydrogens (tertiary/aromatic N) is 1. The molecule has 0 aliphatic rings. The molecule has 1 aromatic carbocycles. The van der Waals surface area contributed by atoms with Crippen LogP contribution in [0.5, 0.6) is 11.6 Å². The van der Waals surface area contributed by atoms with Crippen LogP contribution in [-0.4, -0.2) is 18.7 Å². The molecule has 0 atom stereocenters. The number of pyridine rings is 1. The van der Waals surface area contributed by atoms with Crippen molar-refractivity contribution in [3.8, 4) is 22.8 Å². The molecule has 0 saturated heterocycles. The Bertz CT molecular complexity index is 573. The van der Waals surface area contributed by atoms with Crippen LogP contribution < -0.4 is 9.47 Å². The summed E-state index contributed by atoms with van der Waals surface area (Å²) in [6, 6.07) is 8.30. The van der Waals surface area contributed by atoms with Gasteiger partial charge in [-0.15, -0.1) is 0 Å². The predicted octanol–water partition coefficient (Wildman–Crippen LogP) is 3.67. The number of alkyl halides is 2. The Labute approximate surface area is 109 Å². The molecule has 0 amide bonds. The third kappa shape index (κ3) is 2.99. The van der Waals surface area contributed by atoms with Crippen LogP contribution in [0.1, 0.15) is 5.56 Å². The molecule has 0 unspecified atom stereocenters. The number of benzene rings is 1. The number of hydrogen-bond donors (Lipinski definition) is 0. The van der Waals surface area contributed by atoms with Gasteiger partial charge in [-0.2, -0.15) is 8.78 Å². The van der Waals surface area contributed by atoms with E-state index in [0.717, 1.165) is 16.7 Å². The Hall–Kier alpha value is -2.17. The zero-order valence-corrected chi connectivity index (χ0v) is 10.6. The number of rotatable bonds is 4. The summed E-state index contributed by atoms with van der Waals surface area (Å²) in [5, 5.41) is 0. The van der Waals surface area contributed by atoms with Crippen LogP contribution in [0.3, 0.4) is 0 Å². The second-order valence-electron chi connectivity index (χ2n) is 3.92. The van der Waals surface area contributed by atoms with E-state index in [1.807, 2.05) is 13.0 Å². The zero-order chi connectivity index (χ0) is 13.8. The van der Waals surface area contributed by atoms with Crippen molar-refractivity contribution in [3.05, 3.63) is 42.1 Å². The van der Waals surface area contributed by atoms with E-state index in [4.69, 9.17) is 4.74 Å². The number of halogens is 2. The van der Waals surface area contributed by atoms with Gasteiger partial charge in [0.05, 0.1) is 7.11 Å². The SMILES string of the molecule is COc1nccc(C)c1-c1cccc(OC(F)F)c1. The molecule has 1 heterocycles. The molecule has 0 saturated carbocycles. The quantitative estimate of drug-likeness (QED) is 0.845. The molecule has 3 nitrogen and oxygen atoms in total. The first-order valence-electron chi connectivity index (χ1n) is 5.66. The van der Waals surface area contributed by atoms with Gasteiger partial charge in [0.15, 0.2) is 0 Å². The van der Waals surface area contributed by atoms with Crippen molar-refractivity contribution >= 4 is 0 Å². The summed E-state index contributed by atoms with van der Waals surface area (Å²) in [6.45, 7) is -0.938. The predicted molar refractivity (Wildman–Crippen MR) is 67.6 cm³/mol. The smallest absolute Gasteiger partial charge is 0.387 e. The second-order valence-corrected chi connectivity index (χ2v) is 3.92. The van der Waals surface area contributed by atoms with Crippen molar-refractivity contribution in [2.45, 2.75) is 13.5 Å². The van der Waals surface area contributed by atoms with Crippen molar-refractivity contribution in [2.24, 2.45) is 0 Å². The number of ether oxygens (including phenoxy) is 2. The van der Waals surface area contributed by atoms with Gasteiger partial charge in [-0.25, -0.2) is 4.98 Å². The highest BCUT2D eigenvalue weighted by atomic mass is 19.3. The first-order chi connectivity index (χ1) is 9.11. The Kier molecular flexibility index (Phi) is 3.94. The van der Waals surface area contributed by atoms with E-state index in [2.05, 4.69) is 9.72 Å². The molecule has 0 bridgehead atoms. The fraction of sp³-hybridized carbons (Fsp3) is 0.214. The molecule has 0 aliphatic heterocycles. The van der Waals surface area contributed by atoms with Crippen LogP contribution in [0.25, 0.3) is 11.1 Å². The molecule has 2 rings (SSSR count). The van der Waals surface area contributed by atoms with E-state index in [-0.39, 0.29) is 5.75 Å². The molecule has 19 heavy (non-hydrogen) atoms. The van der Waals surface area contributed by atoms with Gasteiger partial charge in [0.2, 0.25) is 5.88 Å². The summed E-state index contributed by atoms with van der Waals surface area (Å²) in [4.78, 5) is 4.11. The van der Waals surface area contributed by atoms with Gasteiger partial charge in [-0.1, -0.05) is 12.1 Å². The van der Waals surface area contributed by atoms with E-state index in [0.29, 0.717) is 5.88 Å². The van der Waals surface area contributed by atoms with Gasteiger partial charge in [0, 0.05) is 11.8 Å². The molecular weight excluding hydrogens is 252 g/mol. The normalized spacial score (nSPS) is 10.6. The molecule has 0 N–H and O–H groups in total. The average molecular weight is 265 g/mol. The Morgan fingerprint density at radius 3 is 2.68 bits per heavy atom. The van der Waals surface area contributed by atoms with Crippen molar-refractivity contribution in [2.75, 3.05) is 7.11 Å². The summed E-state index contributed by atoms with van der Waals surface area (Å²) in [7, 11) is 1.52. The fourth-order valence-corrected chi connectivity index (χ4v) is 1.87. The van der Waals surface area contributed by atoms with Gasteiger partial charge in [0.1, 0.15) is 5.75 Å². The van der Waals surface area contributed by atoms with Crippen LogP contribution in [0.4, 0.5) is 8.78 Å². The molecule has 0 aliphatic carbocycles. The third-order valence-electron chi connectivity index (χ3n) is 2.67. The maximum absolute atomic E-state index is 12.2. The molecule has 100 valence electrons. The molecule has 0 fully saturated rings. The summed E-state index contributed by atoms with van der Waals surface area (Å²) >= 11 is 0. The fourth-order valence-electron chi connectivity index (χ4n) is 1.87. The van der Waals surface area contributed by atoms with Crippen LogP contribution in [-0.2, 0) is 0 Å². The molecule has 1 aromatic heterocycles. The lowest BCUT2D eigenvalue weighted by atomic mass is 10.0. The summed E-state index contributed by atoms with van der Waals surface area (Å²) < 4.78 is 34.0. The molecule has 0 radical (unpaired) electrons. The number of hydrogen-bond acceptors (Lipinski definition) is 3. The largest absolute Gasteiger partial charge is 0.481 e. The Morgan fingerprint density at radius 1 is 1.21 bits per heavy atom. The summed E-state index contributed by atoms with van der Waals surface area (Å²) in [6.07, 6.45) is 1.64. The second kappa shape index (κ2) is 5.65. The Balaban J connectivity index is 2.47. The highest BCUT2D eigenvalue weighted by molar-refractivity contribution is 5.73. The maximum atomic E-state index is 12.2. The van der Waals surface area contributed by atoms with Crippen molar-refractivity contribution < 1.29 is 18.3 Å². The van der Waals surface area contributed by atoms with Crippen molar-refractivity contribution in [1.29, 1.82) is 0 Å². The van der Waals surface area contributed by atoms with E-state index in [1.165, 1.54) is 13.2 Å². The standard InChI is InChI=1S/C14H13F2NO2/c1-9-6-7-17-13(18-2)12(9)10-4-3-5-11(8-10)19-14(15)16/h3-8,14H,1-2H3. The average Bonchev–Trinajstić information content (AvgIpc) is 2.37. The van der Waals surface area contributed by atoms with Crippen molar-refractivity contribution in [3.63, 3.8) is 0 Å². The van der Waals surface area contributed by atoms with Crippen LogP contribution in [0.15, 0.2) is 36.5 Å². The summed E-state index contributed by atoms with van der Waals surface area (Å²) in [5.41, 5.74) is 2.44. The van der Waals surface area contributed by atoms with E-state index in [1.54, 1.807) is 24.4 Å². The highest BCUT2D eigenvalue weighted by Gasteiger charge is 2.12. The van der Waals surface area contributed by atoms with E-state index >= 15 is 0 Å². The lowest BCUT2D eigenvalue weighted by Crippen LogP contribution is -2.02. The molecule has 0 spiro atoms. The summed E-state index contributed by atoms with van der Waals surface area (Å²) in [5.74, 6) is 0.562. The van der Waals surface area contributed by atoms with E-state index < -0.39 is 6.61 Å². The van der Waals surface area contributed by atoms with Crippen LogP contribution in [0, 0.1) is 6.92 Å². The number of methoxy groups -OCH3 is 1. The lowest BCUT2D eigenvalue weighted by molar-refractivity contribution is -0.0498. The molecular formula is C14H13F2NO2. The van der Waals surface area contributed by atoms with Crippen molar-refractivity contribution in [1.82, 2.24) is 4.98 Å². The first-order valence-corrected chi connectivity index (χ1v) is 5.66. The number of aryl methyl sites for hydroxylation is 1. The first kappa shape index (κ1) is 13.3. The van der Waals surface area contributed by atoms with Crippen LogP contribution >= 0.6 is 0 Å². The molecule has 2 aromatic rings. The van der Waals surface area contributed by atoms with Gasteiger partial charge in [-0.05, 0) is 36.2 Å². The minimum Gasteiger partial charge on any atom is -0.481 e. The number of aromatic nitrogens is 1. The minimum absolute atomic E-state index is 0.109. The Morgan fingerprint density at radius 2 is 2.00 bits per heavy atom.